The number of fused-ring (bicyclic) bond motifs is 1. The number of methoxy groups -OCH3 is 1. The van der Waals surface area contributed by atoms with Gasteiger partial charge in [0, 0.05) is 5.56 Å². The van der Waals surface area contributed by atoms with Crippen LogP contribution in [0.1, 0.15) is 32.3 Å². The first-order valence-electron chi connectivity index (χ1n) is 7.52. The minimum absolute atomic E-state index is 0.0614. The molecule has 0 fully saturated rings. The predicted octanol–water partition coefficient (Wildman–Crippen LogP) is 3.75. The molecule has 0 saturated heterocycles. The minimum atomic E-state index is -0.386. The quantitative estimate of drug-likeness (QED) is 0.788. The molecule has 2 aromatic carbocycles. The fourth-order valence-corrected chi connectivity index (χ4v) is 4.22. The summed E-state index contributed by atoms with van der Waals surface area (Å²) in [6.45, 7) is 1.97. The first-order valence-corrected chi connectivity index (χ1v) is 8.46. The summed E-state index contributed by atoms with van der Waals surface area (Å²) in [5.74, 6) is -0.219. The highest BCUT2D eigenvalue weighted by atomic mass is 32.2. The molecule has 1 aliphatic heterocycles. The van der Waals surface area contributed by atoms with Crippen molar-refractivity contribution in [2.45, 2.75) is 23.8 Å². The van der Waals surface area contributed by atoms with E-state index in [1.807, 2.05) is 55.5 Å². The lowest BCUT2D eigenvalue weighted by molar-refractivity contribution is -0.139. The van der Waals surface area contributed by atoms with Crippen LogP contribution in [0.3, 0.4) is 0 Å². The molecule has 0 N–H and O–H groups in total. The number of hydrogen-bond acceptors (Lipinski definition) is 4. The van der Waals surface area contributed by atoms with E-state index in [2.05, 4.69) is 0 Å². The van der Waals surface area contributed by atoms with Crippen molar-refractivity contribution >= 4 is 23.5 Å². The maximum absolute atomic E-state index is 13.1. The van der Waals surface area contributed by atoms with Gasteiger partial charge >= 0.3 is 5.97 Å². The van der Waals surface area contributed by atoms with E-state index in [1.54, 1.807) is 0 Å². The van der Waals surface area contributed by atoms with Crippen LogP contribution in [0.25, 0.3) is 0 Å². The van der Waals surface area contributed by atoms with E-state index < -0.39 is 0 Å². The topological polar surface area (TPSA) is 43.4 Å². The maximum atomic E-state index is 13.1. The van der Waals surface area contributed by atoms with Gasteiger partial charge in [-0.25, -0.2) is 0 Å². The molecule has 1 heterocycles. The number of benzene rings is 2. The summed E-state index contributed by atoms with van der Waals surface area (Å²) < 4.78 is 4.93. The predicted molar refractivity (Wildman–Crippen MR) is 91.8 cm³/mol. The van der Waals surface area contributed by atoms with Gasteiger partial charge < -0.3 is 4.74 Å². The number of rotatable bonds is 2. The van der Waals surface area contributed by atoms with Crippen LogP contribution in [0.2, 0.25) is 0 Å². The van der Waals surface area contributed by atoms with E-state index in [-0.39, 0.29) is 22.3 Å². The van der Waals surface area contributed by atoms with Gasteiger partial charge in [0.1, 0.15) is 5.25 Å². The van der Waals surface area contributed by atoms with Crippen LogP contribution < -0.4 is 0 Å². The van der Waals surface area contributed by atoms with Crippen LogP contribution in [0.15, 0.2) is 48.5 Å². The number of thioether (sulfide) groups is 1. The maximum Gasteiger partial charge on any atom is 0.319 e. The van der Waals surface area contributed by atoms with Gasteiger partial charge in [-0.1, -0.05) is 48.0 Å². The van der Waals surface area contributed by atoms with Crippen molar-refractivity contribution in [3.63, 3.8) is 0 Å². The molecule has 0 amide bonds. The Kier molecular flexibility index (Phi) is 4.53. The lowest BCUT2D eigenvalue weighted by Gasteiger charge is -2.17. The van der Waals surface area contributed by atoms with Crippen molar-refractivity contribution in [1.82, 2.24) is 0 Å². The Morgan fingerprint density at radius 3 is 2.61 bits per heavy atom. The standard InChI is InChI=1S/C19H18O3S/c1-12-8-9-14-11-16(19(21)22-2)23-18(17(20)15(14)10-12)13-6-4-3-5-7-13/h3-10,16,18H,11H2,1-2H3/t16-,18+/m0/s1. The summed E-state index contributed by atoms with van der Waals surface area (Å²) in [7, 11) is 1.39. The van der Waals surface area contributed by atoms with Gasteiger partial charge in [-0.2, -0.15) is 0 Å². The van der Waals surface area contributed by atoms with Gasteiger partial charge in [-0.15, -0.1) is 11.8 Å². The number of ketones is 1. The Bertz CT molecular complexity index is 740. The molecule has 0 spiro atoms. The van der Waals surface area contributed by atoms with Gasteiger partial charge in [-0.05, 0) is 30.5 Å². The monoisotopic (exact) mass is 326 g/mol. The largest absolute Gasteiger partial charge is 0.468 e. The number of carbonyl (C=O) groups excluding carboxylic acids is 2. The Hall–Kier alpha value is -2.07. The summed E-state index contributed by atoms with van der Waals surface area (Å²) in [4.78, 5) is 25.2. The Morgan fingerprint density at radius 2 is 1.91 bits per heavy atom. The highest BCUT2D eigenvalue weighted by Gasteiger charge is 2.35. The van der Waals surface area contributed by atoms with Crippen LogP contribution in [-0.2, 0) is 16.0 Å². The minimum Gasteiger partial charge on any atom is -0.468 e. The normalized spacial score (nSPS) is 20.5. The van der Waals surface area contributed by atoms with E-state index in [4.69, 9.17) is 4.74 Å². The van der Waals surface area contributed by atoms with Crippen molar-refractivity contribution in [1.29, 1.82) is 0 Å². The average molecular weight is 326 g/mol. The molecule has 3 nitrogen and oxygen atoms in total. The van der Waals surface area contributed by atoms with Gasteiger partial charge in [0.15, 0.2) is 5.78 Å². The molecule has 2 atom stereocenters. The second-order valence-corrected chi connectivity index (χ2v) is 6.98. The highest BCUT2D eigenvalue weighted by Crippen LogP contribution is 2.40. The first-order chi connectivity index (χ1) is 11.1. The van der Waals surface area contributed by atoms with Crippen LogP contribution in [-0.4, -0.2) is 24.1 Å². The smallest absolute Gasteiger partial charge is 0.319 e. The van der Waals surface area contributed by atoms with E-state index in [0.717, 1.165) is 22.3 Å². The summed E-state index contributed by atoms with van der Waals surface area (Å²) in [6, 6.07) is 15.5. The second-order valence-electron chi connectivity index (χ2n) is 5.67. The van der Waals surface area contributed by atoms with Crippen molar-refractivity contribution in [3.05, 3.63) is 70.8 Å². The molecule has 0 aliphatic carbocycles. The summed E-state index contributed by atoms with van der Waals surface area (Å²) in [6.07, 6.45) is 0.516. The molecule has 118 valence electrons. The molecule has 0 unspecified atom stereocenters. The van der Waals surface area contributed by atoms with E-state index in [0.29, 0.717) is 6.42 Å². The molecule has 0 saturated carbocycles. The second kappa shape index (κ2) is 6.59. The zero-order valence-electron chi connectivity index (χ0n) is 13.1. The lowest BCUT2D eigenvalue weighted by Crippen LogP contribution is -2.22. The van der Waals surface area contributed by atoms with Crippen molar-refractivity contribution in [3.8, 4) is 0 Å². The number of ether oxygens (including phenoxy) is 1. The van der Waals surface area contributed by atoms with Gasteiger partial charge in [0.25, 0.3) is 0 Å². The van der Waals surface area contributed by atoms with Crippen molar-refractivity contribution in [2.75, 3.05) is 7.11 Å². The Labute approximate surface area is 140 Å². The molecule has 2 aromatic rings. The van der Waals surface area contributed by atoms with E-state index in [9.17, 15) is 9.59 Å². The number of hydrogen-bond donors (Lipinski definition) is 0. The fraction of sp³-hybridized carbons (Fsp3) is 0.263. The van der Waals surface area contributed by atoms with Crippen LogP contribution >= 0.6 is 11.8 Å². The van der Waals surface area contributed by atoms with Crippen LogP contribution in [0.5, 0.6) is 0 Å². The van der Waals surface area contributed by atoms with Crippen LogP contribution in [0, 0.1) is 6.92 Å². The van der Waals surface area contributed by atoms with E-state index >= 15 is 0 Å². The third-order valence-corrected chi connectivity index (χ3v) is 5.49. The summed E-state index contributed by atoms with van der Waals surface area (Å²) >= 11 is 1.38. The molecule has 0 radical (unpaired) electrons. The molecule has 0 bridgehead atoms. The molecular formula is C19H18O3S. The SMILES string of the molecule is COC(=O)[C@@H]1Cc2ccc(C)cc2C(=O)[C@@H](c2ccccc2)S1. The van der Waals surface area contributed by atoms with Gasteiger partial charge in [0.2, 0.25) is 0 Å². The number of esters is 1. The number of aryl methyl sites for hydroxylation is 1. The number of Topliss-reactive ketones (excluding diaryl/α,β-unsaturated/α-hetero) is 1. The van der Waals surface area contributed by atoms with Crippen LogP contribution in [0.4, 0.5) is 0 Å². The molecule has 3 rings (SSSR count). The zero-order valence-corrected chi connectivity index (χ0v) is 13.9. The number of carbonyl (C=O) groups is 2. The zero-order chi connectivity index (χ0) is 16.4. The third kappa shape index (κ3) is 3.17. The van der Waals surface area contributed by atoms with Gasteiger partial charge in [-0.3, -0.25) is 9.59 Å². The Morgan fingerprint density at radius 1 is 1.17 bits per heavy atom. The third-order valence-electron chi connectivity index (χ3n) is 4.04. The molecule has 4 heteroatoms. The lowest BCUT2D eigenvalue weighted by atomic mass is 9.94. The average Bonchev–Trinajstić information content (AvgIpc) is 2.72. The molecule has 0 aromatic heterocycles. The van der Waals surface area contributed by atoms with E-state index in [1.165, 1.54) is 18.9 Å². The summed E-state index contributed by atoms with van der Waals surface area (Å²) in [5.41, 5.74) is 3.61. The van der Waals surface area contributed by atoms with Crippen molar-refractivity contribution in [2.24, 2.45) is 0 Å². The fourth-order valence-electron chi connectivity index (χ4n) is 2.84. The van der Waals surface area contributed by atoms with Gasteiger partial charge in [0.05, 0.1) is 12.4 Å². The Balaban J connectivity index is 2.09. The summed E-state index contributed by atoms with van der Waals surface area (Å²) in [5, 5.41) is -0.763. The first kappa shape index (κ1) is 15.8. The molecular weight excluding hydrogens is 308 g/mol. The molecule has 23 heavy (non-hydrogen) atoms. The van der Waals surface area contributed by atoms with Crippen molar-refractivity contribution < 1.29 is 14.3 Å². The molecule has 1 aliphatic rings. The highest BCUT2D eigenvalue weighted by molar-refractivity contribution is 8.01.